The molecule has 1 saturated heterocycles. The fourth-order valence-electron chi connectivity index (χ4n) is 3.33. The number of nitrogens with zero attached hydrogens (tertiary/aromatic N) is 3. The van der Waals surface area contributed by atoms with E-state index in [1.54, 1.807) is 36.4 Å². The Morgan fingerprint density at radius 3 is 2.00 bits per heavy atom. The Balaban J connectivity index is 1.81. The fourth-order valence-corrected chi connectivity index (χ4v) is 3.33. The highest BCUT2D eigenvalue weighted by Gasteiger charge is 2.58. The Kier molecular flexibility index (Phi) is 3.46. The van der Waals surface area contributed by atoms with E-state index in [-0.39, 0.29) is 17.4 Å². The molecule has 25 heavy (non-hydrogen) atoms. The summed E-state index contributed by atoms with van der Waals surface area (Å²) in [6, 6.07) is 17.0. The van der Waals surface area contributed by atoms with Crippen molar-refractivity contribution in [3.05, 3.63) is 60.7 Å². The smallest absolute Gasteiger partial charge is 0.259 e. The van der Waals surface area contributed by atoms with Gasteiger partial charge in [-0.1, -0.05) is 36.4 Å². The van der Waals surface area contributed by atoms with Crippen LogP contribution in [0.3, 0.4) is 0 Å². The molecule has 0 aliphatic carbocycles. The second-order valence-corrected chi connectivity index (χ2v) is 5.99. The molecule has 0 unspecified atom stereocenters. The third-order valence-electron chi connectivity index (χ3n) is 4.44. The Hall–Kier alpha value is -3.28. The number of hydrazone groups is 1. The zero-order valence-electron chi connectivity index (χ0n) is 13.5. The summed E-state index contributed by atoms with van der Waals surface area (Å²) in [4.78, 5) is 39.1. The molecule has 0 radical (unpaired) electrons. The summed E-state index contributed by atoms with van der Waals surface area (Å²) in [7, 11) is 0. The lowest BCUT2D eigenvalue weighted by Crippen LogP contribution is -2.39. The minimum Gasteiger partial charge on any atom is -0.293 e. The van der Waals surface area contributed by atoms with Crippen LogP contribution in [0, 0.1) is 5.92 Å². The maximum Gasteiger partial charge on any atom is 0.259 e. The Labute approximate surface area is 144 Å². The number of anilines is 2. The Bertz CT molecular complexity index is 893. The largest absolute Gasteiger partial charge is 0.293 e. The number of carbonyl (C=O) groups is 3. The third-order valence-corrected chi connectivity index (χ3v) is 4.44. The molecule has 6 heteroatoms. The third kappa shape index (κ3) is 2.26. The van der Waals surface area contributed by atoms with Crippen molar-refractivity contribution < 1.29 is 14.4 Å². The number of carbonyl (C=O) groups excluding carboxylic acids is 3. The zero-order valence-corrected chi connectivity index (χ0v) is 13.5. The fraction of sp³-hybridized carbons (Fsp3) is 0.158. The van der Waals surface area contributed by atoms with Gasteiger partial charge in [0.25, 0.3) is 5.91 Å². The highest BCUT2D eigenvalue weighted by Crippen LogP contribution is 2.37. The molecule has 0 bridgehead atoms. The van der Waals surface area contributed by atoms with Gasteiger partial charge in [-0.3, -0.25) is 19.4 Å². The van der Waals surface area contributed by atoms with Crippen LogP contribution in [-0.4, -0.2) is 29.4 Å². The van der Waals surface area contributed by atoms with Gasteiger partial charge in [-0.25, -0.2) is 4.90 Å². The number of rotatable bonds is 3. The van der Waals surface area contributed by atoms with E-state index in [0.717, 1.165) is 4.90 Å². The number of hydrogen-bond acceptors (Lipinski definition) is 5. The number of fused-ring (bicyclic) bond motifs is 1. The molecule has 2 aromatic carbocycles. The predicted molar refractivity (Wildman–Crippen MR) is 93.3 cm³/mol. The molecule has 6 nitrogen and oxygen atoms in total. The number of Topliss-reactive ketones (excluding diaryl/α,β-unsaturated/α-hetero) is 1. The van der Waals surface area contributed by atoms with Crippen LogP contribution < -0.4 is 9.91 Å². The minimum atomic E-state index is -0.870. The highest BCUT2D eigenvalue weighted by molar-refractivity contribution is 6.48. The molecule has 0 spiro atoms. The van der Waals surface area contributed by atoms with Crippen LogP contribution in [0.15, 0.2) is 65.8 Å². The average Bonchev–Trinajstić information content (AvgIpc) is 3.14. The average molecular weight is 333 g/mol. The Morgan fingerprint density at radius 2 is 1.44 bits per heavy atom. The van der Waals surface area contributed by atoms with E-state index in [4.69, 9.17) is 0 Å². The van der Waals surface area contributed by atoms with Gasteiger partial charge in [0.15, 0.2) is 5.78 Å². The van der Waals surface area contributed by atoms with Gasteiger partial charge >= 0.3 is 0 Å². The summed E-state index contributed by atoms with van der Waals surface area (Å²) in [5.41, 5.74) is 1.30. The molecule has 1 fully saturated rings. The van der Waals surface area contributed by atoms with Crippen LogP contribution in [0.1, 0.15) is 6.92 Å². The minimum absolute atomic E-state index is 0.130. The molecule has 0 N–H and O–H groups in total. The van der Waals surface area contributed by atoms with Crippen molar-refractivity contribution in [1.82, 2.24) is 0 Å². The molecule has 2 aliphatic rings. The topological polar surface area (TPSA) is 70.1 Å². The van der Waals surface area contributed by atoms with Crippen LogP contribution >= 0.6 is 0 Å². The molecule has 2 aromatic rings. The van der Waals surface area contributed by atoms with Gasteiger partial charge in [-0.2, -0.15) is 5.10 Å². The van der Waals surface area contributed by atoms with Gasteiger partial charge in [0.05, 0.1) is 11.4 Å². The first-order valence-corrected chi connectivity index (χ1v) is 7.96. The van der Waals surface area contributed by atoms with Gasteiger partial charge < -0.3 is 0 Å². The molecular formula is C19H15N3O3. The van der Waals surface area contributed by atoms with Crippen molar-refractivity contribution in [2.24, 2.45) is 11.0 Å². The van der Waals surface area contributed by atoms with E-state index in [9.17, 15) is 14.4 Å². The molecule has 2 atom stereocenters. The lowest BCUT2D eigenvalue weighted by molar-refractivity contribution is -0.122. The molecule has 0 saturated carbocycles. The second-order valence-electron chi connectivity index (χ2n) is 5.99. The van der Waals surface area contributed by atoms with Crippen molar-refractivity contribution >= 4 is 34.7 Å². The van der Waals surface area contributed by atoms with E-state index in [2.05, 4.69) is 5.10 Å². The van der Waals surface area contributed by atoms with E-state index in [1.165, 1.54) is 11.9 Å². The normalized spacial score (nSPS) is 22.2. The number of para-hydroxylation sites is 2. The SMILES string of the molecule is CC(=O)C1=NN(c2ccccc2)[C@@H]2C(=O)N(c3ccccc3)C(=O)[C@H]12. The summed E-state index contributed by atoms with van der Waals surface area (Å²) in [5.74, 6) is -1.95. The van der Waals surface area contributed by atoms with Crippen LogP contribution in [0.2, 0.25) is 0 Å². The van der Waals surface area contributed by atoms with Gasteiger partial charge in [0, 0.05) is 6.92 Å². The standard InChI is InChI=1S/C19H15N3O3/c1-12(23)16-15-17(22(20-16)14-10-6-3-7-11-14)19(25)21(18(15)24)13-8-4-2-5-9-13/h2-11,15,17H,1H3/t15-,17+/m1/s1. The maximum absolute atomic E-state index is 13.0. The van der Waals surface area contributed by atoms with Gasteiger partial charge in [0.2, 0.25) is 5.91 Å². The van der Waals surface area contributed by atoms with E-state index in [1.807, 2.05) is 24.3 Å². The molecular weight excluding hydrogens is 318 g/mol. The number of ketones is 1. The highest BCUT2D eigenvalue weighted by atomic mass is 16.2. The quantitative estimate of drug-likeness (QED) is 0.806. The maximum atomic E-state index is 13.0. The first-order valence-electron chi connectivity index (χ1n) is 7.96. The molecule has 2 aliphatic heterocycles. The zero-order chi connectivity index (χ0) is 17.6. The molecule has 0 aromatic heterocycles. The predicted octanol–water partition coefficient (Wildman–Crippen LogP) is 2.01. The van der Waals surface area contributed by atoms with E-state index in [0.29, 0.717) is 11.4 Å². The van der Waals surface area contributed by atoms with Crippen molar-refractivity contribution in [1.29, 1.82) is 0 Å². The van der Waals surface area contributed by atoms with Crippen molar-refractivity contribution in [3.63, 3.8) is 0 Å². The van der Waals surface area contributed by atoms with E-state index < -0.39 is 17.9 Å². The molecule has 4 rings (SSSR count). The lowest BCUT2D eigenvalue weighted by atomic mass is 9.95. The summed E-state index contributed by atoms with van der Waals surface area (Å²) in [5, 5.41) is 5.79. The molecule has 2 amide bonds. The first-order chi connectivity index (χ1) is 12.1. The van der Waals surface area contributed by atoms with Crippen LogP contribution in [0.5, 0.6) is 0 Å². The number of amides is 2. The van der Waals surface area contributed by atoms with Gasteiger partial charge in [0.1, 0.15) is 17.7 Å². The summed E-state index contributed by atoms with van der Waals surface area (Å²) < 4.78 is 0. The molecule has 124 valence electrons. The monoisotopic (exact) mass is 333 g/mol. The van der Waals surface area contributed by atoms with Crippen LogP contribution in [0.25, 0.3) is 0 Å². The summed E-state index contributed by atoms with van der Waals surface area (Å²) in [6.07, 6.45) is 0. The van der Waals surface area contributed by atoms with Crippen molar-refractivity contribution in [2.45, 2.75) is 13.0 Å². The number of imide groups is 1. The molecule has 2 heterocycles. The Morgan fingerprint density at radius 1 is 0.880 bits per heavy atom. The van der Waals surface area contributed by atoms with Gasteiger partial charge in [-0.15, -0.1) is 0 Å². The number of hydrogen-bond donors (Lipinski definition) is 0. The van der Waals surface area contributed by atoms with Crippen LogP contribution in [-0.2, 0) is 14.4 Å². The van der Waals surface area contributed by atoms with E-state index >= 15 is 0 Å². The first kappa shape index (κ1) is 15.3. The summed E-state index contributed by atoms with van der Waals surface area (Å²) in [6.45, 7) is 1.37. The lowest BCUT2D eigenvalue weighted by Gasteiger charge is -2.22. The second kappa shape index (κ2) is 5.66. The summed E-state index contributed by atoms with van der Waals surface area (Å²) >= 11 is 0. The number of benzene rings is 2. The van der Waals surface area contributed by atoms with Crippen molar-refractivity contribution in [2.75, 3.05) is 9.91 Å². The van der Waals surface area contributed by atoms with Crippen molar-refractivity contribution in [3.8, 4) is 0 Å². The van der Waals surface area contributed by atoms with Crippen LogP contribution in [0.4, 0.5) is 11.4 Å². The van der Waals surface area contributed by atoms with Gasteiger partial charge in [-0.05, 0) is 24.3 Å².